The van der Waals surface area contributed by atoms with Crippen LogP contribution in [0.25, 0.3) is 0 Å². The molecule has 0 spiro atoms. The van der Waals surface area contributed by atoms with Gasteiger partial charge in [0.2, 0.25) is 15.9 Å². The van der Waals surface area contributed by atoms with E-state index in [0.29, 0.717) is 17.4 Å². The summed E-state index contributed by atoms with van der Waals surface area (Å²) in [6.45, 7) is 1.80. The van der Waals surface area contributed by atoms with E-state index in [4.69, 9.17) is 9.47 Å². The van der Waals surface area contributed by atoms with Crippen molar-refractivity contribution in [2.45, 2.75) is 6.92 Å². The molecule has 8 heteroatoms. The number of hydrogen-bond acceptors (Lipinski definition) is 6. The minimum atomic E-state index is -3.26. The van der Waals surface area contributed by atoms with E-state index in [1.165, 1.54) is 17.6 Å². The number of sulfonamides is 1. The van der Waals surface area contributed by atoms with Crippen LogP contribution in [0.2, 0.25) is 0 Å². The molecule has 1 aliphatic heterocycles. The van der Waals surface area contributed by atoms with Gasteiger partial charge in [-0.2, -0.15) is 4.98 Å². The summed E-state index contributed by atoms with van der Waals surface area (Å²) < 4.78 is 35.2. The first-order chi connectivity index (χ1) is 9.50. The van der Waals surface area contributed by atoms with Gasteiger partial charge in [0.15, 0.2) is 0 Å². The fraction of sp³-hybridized carbons (Fsp3) is 0.417. The Balaban J connectivity index is 2.25. The predicted octanol–water partition coefficient (Wildman–Crippen LogP) is 0.999. The third-order valence-corrected chi connectivity index (χ3v) is 4.61. The molecule has 2 rings (SSSR count). The quantitative estimate of drug-likeness (QED) is 0.807. The minimum Gasteiger partial charge on any atom is -0.496 e. The van der Waals surface area contributed by atoms with Crippen molar-refractivity contribution in [1.29, 1.82) is 0 Å². The molecular weight excluding hydrogens is 282 g/mol. The van der Waals surface area contributed by atoms with E-state index in [0.717, 1.165) is 0 Å². The summed E-state index contributed by atoms with van der Waals surface area (Å²) >= 11 is 0. The second kappa shape index (κ2) is 5.58. The molecule has 0 saturated carbocycles. The van der Waals surface area contributed by atoms with Gasteiger partial charge in [0, 0.05) is 24.5 Å². The molecule has 1 aromatic heterocycles. The topological polar surface area (TPSA) is 72.0 Å². The van der Waals surface area contributed by atoms with Crippen LogP contribution < -0.4 is 14.4 Å². The monoisotopic (exact) mass is 299 g/mol. The van der Waals surface area contributed by atoms with Crippen LogP contribution in [-0.2, 0) is 10.0 Å². The van der Waals surface area contributed by atoms with Crippen molar-refractivity contribution in [3.8, 4) is 11.6 Å². The Bertz CT molecular complexity index is 593. The normalized spacial score (nSPS) is 14.8. The molecule has 0 unspecified atom stereocenters. The maximum absolute atomic E-state index is 11.8. The zero-order valence-corrected chi connectivity index (χ0v) is 12.4. The van der Waals surface area contributed by atoms with Crippen molar-refractivity contribution in [1.82, 2.24) is 9.29 Å². The molecule has 0 fully saturated rings. The molecular formula is C12H17N3O4S. The number of aromatic nitrogens is 1. The van der Waals surface area contributed by atoms with Gasteiger partial charge in [-0.25, -0.2) is 8.42 Å². The lowest BCUT2D eigenvalue weighted by Crippen LogP contribution is -2.31. The predicted molar refractivity (Wildman–Crippen MR) is 75.1 cm³/mol. The molecule has 20 heavy (non-hydrogen) atoms. The summed E-state index contributed by atoms with van der Waals surface area (Å²) in [6, 6.07) is 3.37. The molecule has 1 aliphatic rings. The maximum Gasteiger partial charge on any atom is 0.235 e. The highest BCUT2D eigenvalue weighted by molar-refractivity contribution is 7.89. The SMILES string of the molecule is CCS(=O)(=O)N1C=CN(c2cc(OC)cc(OC)n2)C1. The van der Waals surface area contributed by atoms with Crippen LogP contribution >= 0.6 is 0 Å². The lowest BCUT2D eigenvalue weighted by Gasteiger charge is -2.20. The van der Waals surface area contributed by atoms with E-state index < -0.39 is 10.0 Å². The summed E-state index contributed by atoms with van der Waals surface area (Å²) in [5.41, 5.74) is 0. The van der Waals surface area contributed by atoms with E-state index in [1.807, 2.05) is 0 Å². The number of anilines is 1. The molecule has 0 bridgehead atoms. The van der Waals surface area contributed by atoms with Gasteiger partial charge in [-0.1, -0.05) is 0 Å². The van der Waals surface area contributed by atoms with Crippen LogP contribution in [0, 0.1) is 0 Å². The molecule has 1 aromatic rings. The molecule has 110 valence electrons. The van der Waals surface area contributed by atoms with E-state index >= 15 is 0 Å². The van der Waals surface area contributed by atoms with Gasteiger partial charge >= 0.3 is 0 Å². The van der Waals surface area contributed by atoms with E-state index in [2.05, 4.69) is 4.98 Å². The first-order valence-corrected chi connectivity index (χ1v) is 7.65. The summed E-state index contributed by atoms with van der Waals surface area (Å²) in [6.07, 6.45) is 3.18. The highest BCUT2D eigenvalue weighted by atomic mass is 32.2. The smallest absolute Gasteiger partial charge is 0.235 e. The maximum atomic E-state index is 11.8. The van der Waals surface area contributed by atoms with Crippen molar-refractivity contribution in [2.75, 3.05) is 31.5 Å². The second-order valence-electron chi connectivity index (χ2n) is 4.10. The van der Waals surface area contributed by atoms with Crippen molar-refractivity contribution in [2.24, 2.45) is 0 Å². The molecule has 0 amide bonds. The summed E-state index contributed by atoms with van der Waals surface area (Å²) in [7, 11) is -0.195. The van der Waals surface area contributed by atoms with Crippen LogP contribution in [0.5, 0.6) is 11.6 Å². The molecule has 0 aliphatic carbocycles. The lowest BCUT2D eigenvalue weighted by atomic mass is 10.4. The van der Waals surface area contributed by atoms with Gasteiger partial charge < -0.3 is 14.4 Å². The van der Waals surface area contributed by atoms with Crippen LogP contribution in [-0.4, -0.2) is 44.3 Å². The molecule has 2 heterocycles. The highest BCUT2D eigenvalue weighted by Crippen LogP contribution is 2.27. The minimum absolute atomic E-state index is 0.0556. The Morgan fingerprint density at radius 1 is 1.25 bits per heavy atom. The van der Waals surface area contributed by atoms with Crippen LogP contribution in [0.1, 0.15) is 6.92 Å². The average molecular weight is 299 g/mol. The Morgan fingerprint density at radius 3 is 2.60 bits per heavy atom. The average Bonchev–Trinajstić information content (AvgIpc) is 2.97. The van der Waals surface area contributed by atoms with Gasteiger partial charge in [-0.05, 0) is 6.92 Å². The lowest BCUT2D eigenvalue weighted by molar-refractivity contribution is 0.382. The Morgan fingerprint density at radius 2 is 2.00 bits per heavy atom. The van der Waals surface area contributed by atoms with Gasteiger partial charge in [0.1, 0.15) is 18.2 Å². The van der Waals surface area contributed by atoms with Crippen molar-refractivity contribution >= 4 is 15.8 Å². The largest absolute Gasteiger partial charge is 0.496 e. The standard InChI is InChI=1S/C12H17N3O4S/c1-4-20(16,17)15-6-5-14(9-15)11-7-10(18-2)8-12(13-11)19-3/h5-8H,4,9H2,1-3H3. The van der Waals surface area contributed by atoms with Crippen molar-refractivity contribution in [3.05, 3.63) is 24.5 Å². The molecule has 0 aromatic carbocycles. The molecule has 0 saturated heterocycles. The highest BCUT2D eigenvalue weighted by Gasteiger charge is 2.24. The fourth-order valence-electron chi connectivity index (χ4n) is 1.73. The number of pyridine rings is 1. The second-order valence-corrected chi connectivity index (χ2v) is 6.31. The third kappa shape index (κ3) is 2.79. The molecule has 0 atom stereocenters. The number of nitrogens with zero attached hydrogens (tertiary/aromatic N) is 3. The first-order valence-electron chi connectivity index (χ1n) is 6.04. The number of methoxy groups -OCH3 is 2. The number of hydrogen-bond donors (Lipinski definition) is 0. The third-order valence-electron chi connectivity index (χ3n) is 2.93. The first kappa shape index (κ1) is 14.4. The van der Waals surface area contributed by atoms with Gasteiger partial charge in [0.05, 0.1) is 20.0 Å². The molecule has 0 N–H and O–H groups in total. The van der Waals surface area contributed by atoms with Gasteiger partial charge in [0.25, 0.3) is 0 Å². The zero-order valence-electron chi connectivity index (χ0n) is 11.6. The van der Waals surface area contributed by atoms with Gasteiger partial charge in [-0.15, -0.1) is 0 Å². The summed E-state index contributed by atoms with van der Waals surface area (Å²) in [5.74, 6) is 1.62. The fourth-order valence-corrected chi connectivity index (χ4v) is 2.60. The van der Waals surface area contributed by atoms with E-state index in [1.54, 1.807) is 37.3 Å². The van der Waals surface area contributed by atoms with Crippen molar-refractivity contribution in [3.63, 3.8) is 0 Å². The van der Waals surface area contributed by atoms with Crippen LogP contribution in [0.15, 0.2) is 24.5 Å². The molecule has 7 nitrogen and oxygen atoms in total. The Labute approximate surface area is 118 Å². The van der Waals surface area contributed by atoms with Crippen molar-refractivity contribution < 1.29 is 17.9 Å². The Kier molecular flexibility index (Phi) is 4.03. The van der Waals surface area contributed by atoms with Gasteiger partial charge in [-0.3, -0.25) is 4.31 Å². The Hall–Kier alpha value is -1.96. The number of rotatable bonds is 5. The van der Waals surface area contributed by atoms with Crippen LogP contribution in [0.4, 0.5) is 5.82 Å². The number of ether oxygens (including phenoxy) is 2. The summed E-state index contributed by atoms with van der Waals surface area (Å²) in [5, 5.41) is 0. The molecule has 0 radical (unpaired) electrons. The van der Waals surface area contributed by atoms with Crippen LogP contribution in [0.3, 0.4) is 0 Å². The summed E-state index contributed by atoms with van der Waals surface area (Å²) in [4.78, 5) is 5.98. The zero-order chi connectivity index (χ0) is 14.8. The van der Waals surface area contributed by atoms with E-state index in [9.17, 15) is 8.42 Å². The van der Waals surface area contributed by atoms with E-state index in [-0.39, 0.29) is 12.4 Å².